The summed E-state index contributed by atoms with van der Waals surface area (Å²) in [7, 11) is 0. The summed E-state index contributed by atoms with van der Waals surface area (Å²) in [5, 5.41) is 0. The number of hydrogen-bond donors (Lipinski definition) is 0. The third kappa shape index (κ3) is 65.7. The van der Waals surface area contributed by atoms with Crippen molar-refractivity contribution in [1.29, 1.82) is 0 Å². The molecule has 80 heavy (non-hydrogen) atoms. The molecule has 6 nitrogen and oxygen atoms in total. The zero-order valence-electron chi connectivity index (χ0n) is 53.3. The molecule has 1 unspecified atom stereocenters. The number of ether oxygens (including phenoxy) is 3. The second-order valence-electron chi connectivity index (χ2n) is 23.4. The van der Waals surface area contributed by atoms with Gasteiger partial charge in [0.05, 0.1) is 0 Å². The number of rotatable bonds is 64. The first-order valence-corrected chi connectivity index (χ1v) is 34.9. The van der Waals surface area contributed by atoms with Gasteiger partial charge in [-0.2, -0.15) is 0 Å². The van der Waals surface area contributed by atoms with E-state index in [-0.39, 0.29) is 31.1 Å². The zero-order chi connectivity index (χ0) is 57.8. The van der Waals surface area contributed by atoms with Crippen molar-refractivity contribution in [3.05, 3.63) is 72.9 Å². The molecule has 0 amide bonds. The molecular weight excluding hydrogens is 985 g/mol. The van der Waals surface area contributed by atoms with Crippen molar-refractivity contribution in [2.45, 2.75) is 367 Å². The van der Waals surface area contributed by atoms with Gasteiger partial charge in [-0.3, -0.25) is 14.4 Å². The SMILES string of the molecule is CCC/C=C\CCCCCCCC(=O)OCC(COC(=O)CCCCCCCCCCCCCCCCCCCCC/C=C\C/C=C\CCCCCCC)OC(=O)CCCCCCCC/C=C\C/C=C\C/C=C\CCCCCCC. The predicted octanol–water partition coefficient (Wildman–Crippen LogP) is 24.1. The zero-order valence-corrected chi connectivity index (χ0v) is 53.3. The fourth-order valence-electron chi connectivity index (χ4n) is 10.1. The number of hydrogen-bond acceptors (Lipinski definition) is 6. The summed E-state index contributed by atoms with van der Waals surface area (Å²) in [6.07, 6.45) is 89.4. The van der Waals surface area contributed by atoms with Crippen molar-refractivity contribution >= 4 is 17.9 Å². The molecule has 6 heteroatoms. The number of esters is 3. The summed E-state index contributed by atoms with van der Waals surface area (Å²) in [6, 6.07) is 0. The van der Waals surface area contributed by atoms with E-state index in [4.69, 9.17) is 14.2 Å². The van der Waals surface area contributed by atoms with E-state index in [0.29, 0.717) is 19.3 Å². The summed E-state index contributed by atoms with van der Waals surface area (Å²) >= 11 is 0. The maximum atomic E-state index is 12.9. The molecule has 1 atom stereocenters. The highest BCUT2D eigenvalue weighted by molar-refractivity contribution is 5.71. The molecule has 0 fully saturated rings. The minimum absolute atomic E-state index is 0.0806. The summed E-state index contributed by atoms with van der Waals surface area (Å²) in [5.74, 6) is -0.888. The van der Waals surface area contributed by atoms with Crippen molar-refractivity contribution in [3.8, 4) is 0 Å². The molecule has 464 valence electrons. The highest BCUT2D eigenvalue weighted by atomic mass is 16.6. The molecule has 0 aliphatic rings. The second kappa shape index (κ2) is 68.3. The van der Waals surface area contributed by atoms with E-state index in [0.717, 1.165) is 103 Å². The third-order valence-electron chi connectivity index (χ3n) is 15.4. The first-order chi connectivity index (χ1) is 39.5. The van der Waals surface area contributed by atoms with E-state index in [1.807, 2.05) is 0 Å². The number of carbonyl (C=O) groups excluding carboxylic acids is 3. The monoisotopic (exact) mass is 1120 g/mol. The van der Waals surface area contributed by atoms with Crippen LogP contribution in [0, 0.1) is 0 Å². The normalized spacial score (nSPS) is 12.5. The molecule has 0 aliphatic carbocycles. The maximum absolute atomic E-state index is 12.9. The lowest BCUT2D eigenvalue weighted by atomic mass is 10.0. The molecule has 0 bridgehead atoms. The van der Waals surface area contributed by atoms with Crippen LogP contribution in [-0.2, 0) is 28.6 Å². The van der Waals surface area contributed by atoms with Gasteiger partial charge in [-0.15, -0.1) is 0 Å². The van der Waals surface area contributed by atoms with Crippen molar-refractivity contribution in [2.24, 2.45) is 0 Å². The average Bonchev–Trinajstić information content (AvgIpc) is 3.46. The number of allylic oxidation sites excluding steroid dienone is 12. The minimum atomic E-state index is -0.785. The second-order valence-corrected chi connectivity index (χ2v) is 23.4. The van der Waals surface area contributed by atoms with Gasteiger partial charge in [0.2, 0.25) is 0 Å². The fourth-order valence-corrected chi connectivity index (χ4v) is 10.1. The van der Waals surface area contributed by atoms with Crippen LogP contribution in [-0.4, -0.2) is 37.2 Å². The third-order valence-corrected chi connectivity index (χ3v) is 15.4. The summed E-state index contributed by atoms with van der Waals surface area (Å²) in [5.41, 5.74) is 0. The van der Waals surface area contributed by atoms with Crippen LogP contribution in [0.15, 0.2) is 72.9 Å². The lowest BCUT2D eigenvalue weighted by molar-refractivity contribution is -0.167. The molecule has 0 saturated heterocycles. The molecule has 0 saturated carbocycles. The van der Waals surface area contributed by atoms with Crippen molar-refractivity contribution < 1.29 is 28.6 Å². The van der Waals surface area contributed by atoms with E-state index in [2.05, 4.69) is 93.7 Å². The predicted molar refractivity (Wildman–Crippen MR) is 348 cm³/mol. The van der Waals surface area contributed by atoms with Crippen LogP contribution < -0.4 is 0 Å². The van der Waals surface area contributed by atoms with E-state index in [1.54, 1.807) is 0 Å². The topological polar surface area (TPSA) is 78.9 Å². The Kier molecular flexibility index (Phi) is 65.7. The summed E-state index contributed by atoms with van der Waals surface area (Å²) < 4.78 is 16.9. The van der Waals surface area contributed by atoms with Crippen LogP contribution in [0.5, 0.6) is 0 Å². The summed E-state index contributed by atoms with van der Waals surface area (Å²) in [6.45, 7) is 6.58. The molecule has 0 aromatic carbocycles. The van der Waals surface area contributed by atoms with Crippen molar-refractivity contribution in [2.75, 3.05) is 13.2 Å². The van der Waals surface area contributed by atoms with Crippen LogP contribution in [0.3, 0.4) is 0 Å². The Hall–Kier alpha value is -3.15. The quantitative estimate of drug-likeness (QED) is 0.0261. The minimum Gasteiger partial charge on any atom is -0.462 e. The van der Waals surface area contributed by atoms with Gasteiger partial charge in [-0.25, -0.2) is 0 Å². The Morgan fingerprint density at radius 1 is 0.250 bits per heavy atom. The van der Waals surface area contributed by atoms with E-state index < -0.39 is 6.10 Å². The van der Waals surface area contributed by atoms with Gasteiger partial charge >= 0.3 is 17.9 Å². The standard InChI is InChI=1S/C74H132O6/c1-4-7-10-13-16-19-22-24-26-28-30-32-33-34-35-36-37-38-39-40-41-43-44-46-48-50-52-55-58-61-64-67-73(76)79-70-71(69-78-72(75)66-63-60-57-54-21-18-15-12-9-6-3)80-74(77)68-65-62-59-56-53-51-49-47-45-42-31-29-27-25-23-20-17-14-11-8-5-2/h12,15,22-25,28-31,45,47,71H,4-11,13-14,16-21,26-27,32-44,46,48-70H2,1-3H3/b15-12-,24-22-,25-23-,30-28-,31-29-,47-45-. The Labute approximate surface area is 497 Å². The average molecular weight is 1120 g/mol. The van der Waals surface area contributed by atoms with Crippen LogP contribution in [0.1, 0.15) is 361 Å². The highest BCUT2D eigenvalue weighted by Crippen LogP contribution is 2.17. The summed E-state index contributed by atoms with van der Waals surface area (Å²) in [4.78, 5) is 38.3. The Bertz CT molecular complexity index is 1470. The molecule has 0 aliphatic heterocycles. The Morgan fingerprint density at radius 2 is 0.475 bits per heavy atom. The van der Waals surface area contributed by atoms with E-state index in [1.165, 1.54) is 218 Å². The lowest BCUT2D eigenvalue weighted by Gasteiger charge is -2.18. The maximum Gasteiger partial charge on any atom is 0.306 e. The molecule has 0 rings (SSSR count). The van der Waals surface area contributed by atoms with Gasteiger partial charge in [-0.1, -0.05) is 306 Å². The Balaban J connectivity index is 4.15. The molecule has 0 aromatic heterocycles. The Morgan fingerprint density at radius 3 is 0.762 bits per heavy atom. The van der Waals surface area contributed by atoms with Gasteiger partial charge in [0, 0.05) is 19.3 Å². The molecule has 0 aromatic rings. The molecule has 0 N–H and O–H groups in total. The van der Waals surface area contributed by atoms with Gasteiger partial charge in [0.25, 0.3) is 0 Å². The highest BCUT2D eigenvalue weighted by Gasteiger charge is 2.19. The van der Waals surface area contributed by atoms with Gasteiger partial charge in [0.1, 0.15) is 13.2 Å². The largest absolute Gasteiger partial charge is 0.462 e. The van der Waals surface area contributed by atoms with Gasteiger partial charge in [0.15, 0.2) is 6.10 Å². The number of unbranched alkanes of at least 4 members (excludes halogenated alkanes) is 41. The molecule has 0 spiro atoms. The smallest absolute Gasteiger partial charge is 0.306 e. The lowest BCUT2D eigenvalue weighted by Crippen LogP contribution is -2.30. The number of carbonyl (C=O) groups is 3. The van der Waals surface area contributed by atoms with Gasteiger partial charge in [-0.05, 0) is 109 Å². The van der Waals surface area contributed by atoms with Crippen LogP contribution in [0.25, 0.3) is 0 Å². The first kappa shape index (κ1) is 76.9. The van der Waals surface area contributed by atoms with E-state index >= 15 is 0 Å². The molecule has 0 radical (unpaired) electrons. The van der Waals surface area contributed by atoms with Crippen molar-refractivity contribution in [1.82, 2.24) is 0 Å². The van der Waals surface area contributed by atoms with Crippen LogP contribution in [0.4, 0.5) is 0 Å². The molecular formula is C74H132O6. The fraction of sp³-hybridized carbons (Fsp3) is 0.797. The van der Waals surface area contributed by atoms with Crippen LogP contribution in [0.2, 0.25) is 0 Å². The first-order valence-electron chi connectivity index (χ1n) is 34.9. The van der Waals surface area contributed by atoms with E-state index in [9.17, 15) is 14.4 Å². The van der Waals surface area contributed by atoms with Crippen molar-refractivity contribution in [3.63, 3.8) is 0 Å². The molecule has 0 heterocycles. The van der Waals surface area contributed by atoms with Gasteiger partial charge < -0.3 is 14.2 Å². The van der Waals surface area contributed by atoms with Crippen LogP contribution >= 0.6 is 0 Å².